The van der Waals surface area contributed by atoms with Gasteiger partial charge in [0.1, 0.15) is 11.1 Å². The molecule has 0 aliphatic carbocycles. The van der Waals surface area contributed by atoms with E-state index in [-0.39, 0.29) is 0 Å². The molecule has 0 aliphatic rings. The van der Waals surface area contributed by atoms with Crippen molar-refractivity contribution in [2.24, 2.45) is 0 Å². The second-order valence-electron chi connectivity index (χ2n) is 15.1. The van der Waals surface area contributed by atoms with Crippen LogP contribution in [0.5, 0.6) is 0 Å². The molecule has 6 heteroatoms. The van der Waals surface area contributed by atoms with Crippen LogP contribution in [0.4, 0.5) is 0 Å². The Morgan fingerprint density at radius 1 is 0.367 bits per heavy atom. The van der Waals surface area contributed by atoms with E-state index in [9.17, 15) is 0 Å². The van der Waals surface area contributed by atoms with Gasteiger partial charge in [0, 0.05) is 44.7 Å². The highest BCUT2D eigenvalue weighted by atomic mass is 16.3. The van der Waals surface area contributed by atoms with Crippen molar-refractivity contribution in [1.82, 2.24) is 24.5 Å². The predicted octanol–water partition coefficient (Wildman–Crippen LogP) is 13.8. The third kappa shape index (κ3) is 5.65. The average molecular weight is 768 g/mol. The van der Waals surface area contributed by atoms with Crippen molar-refractivity contribution in [2.45, 2.75) is 0 Å². The maximum absolute atomic E-state index is 6.12. The molecule has 0 fully saturated rings. The van der Waals surface area contributed by atoms with Gasteiger partial charge in [0.05, 0.1) is 11.0 Å². The Balaban J connectivity index is 1.01. The molecule has 0 spiro atoms. The molecule has 0 saturated heterocycles. The van der Waals surface area contributed by atoms with Crippen LogP contribution in [0.3, 0.4) is 0 Å². The maximum Gasteiger partial charge on any atom is 0.164 e. The monoisotopic (exact) mass is 767 g/mol. The molecule has 0 aliphatic heterocycles. The van der Waals surface area contributed by atoms with Gasteiger partial charge in [0.2, 0.25) is 0 Å². The molecule has 0 bridgehead atoms. The highest BCUT2D eigenvalue weighted by Gasteiger charge is 2.18. The van der Waals surface area contributed by atoms with Crippen LogP contribution in [-0.2, 0) is 0 Å². The summed E-state index contributed by atoms with van der Waals surface area (Å²) in [6.45, 7) is 0. The lowest BCUT2D eigenvalue weighted by Crippen LogP contribution is -2.01. The van der Waals surface area contributed by atoms with Crippen LogP contribution in [0.25, 0.3) is 117 Å². The van der Waals surface area contributed by atoms with E-state index in [4.69, 9.17) is 19.4 Å². The Bertz CT molecular complexity index is 3600. The first kappa shape index (κ1) is 33.9. The molecule has 0 saturated carbocycles. The zero-order valence-corrected chi connectivity index (χ0v) is 32.2. The zero-order valence-electron chi connectivity index (χ0n) is 32.2. The summed E-state index contributed by atoms with van der Waals surface area (Å²) in [7, 11) is 0. The van der Waals surface area contributed by atoms with E-state index >= 15 is 0 Å². The molecule has 4 heterocycles. The van der Waals surface area contributed by atoms with E-state index in [0.29, 0.717) is 17.5 Å². The Labute approximate surface area is 344 Å². The molecule has 8 aromatic carbocycles. The van der Waals surface area contributed by atoms with Crippen molar-refractivity contribution in [3.05, 3.63) is 200 Å². The van der Waals surface area contributed by atoms with E-state index in [1.54, 1.807) is 6.20 Å². The van der Waals surface area contributed by atoms with Crippen LogP contribution >= 0.6 is 0 Å². The topological polar surface area (TPSA) is 69.6 Å². The standard InChI is InChI=1S/C54H33N5O/c1-2-11-34(12-3-1)38-26-28-48-45(32-38)44-18-6-7-20-47(44)59(48)41-16-8-15-39(31-41)53-56-52(37-24-22-36(23-25-37)43-19-9-14-35-13-4-5-17-42(35)43)57-54(58-53)40-27-29-49-46(33-40)51-50(60-49)21-10-30-55-51/h1-33H. The maximum atomic E-state index is 6.12. The molecule has 0 unspecified atom stereocenters. The number of hydrogen-bond acceptors (Lipinski definition) is 5. The van der Waals surface area contributed by atoms with Crippen molar-refractivity contribution >= 4 is 54.6 Å². The number of para-hydroxylation sites is 1. The van der Waals surface area contributed by atoms with Crippen molar-refractivity contribution < 1.29 is 4.42 Å². The van der Waals surface area contributed by atoms with Gasteiger partial charge >= 0.3 is 0 Å². The summed E-state index contributed by atoms with van der Waals surface area (Å²) in [5, 5.41) is 5.74. The summed E-state index contributed by atoms with van der Waals surface area (Å²) < 4.78 is 8.46. The average Bonchev–Trinajstić information content (AvgIpc) is 3.87. The smallest absolute Gasteiger partial charge is 0.164 e. The number of benzene rings is 8. The molecule has 6 nitrogen and oxygen atoms in total. The van der Waals surface area contributed by atoms with Gasteiger partial charge in [0.15, 0.2) is 23.1 Å². The van der Waals surface area contributed by atoms with Gasteiger partial charge in [-0.15, -0.1) is 0 Å². The Morgan fingerprint density at radius 2 is 1.00 bits per heavy atom. The molecule has 0 N–H and O–H groups in total. The predicted molar refractivity (Wildman–Crippen MR) is 244 cm³/mol. The minimum absolute atomic E-state index is 0.566. The summed E-state index contributed by atoms with van der Waals surface area (Å²) in [4.78, 5) is 20.1. The number of nitrogens with zero attached hydrogens (tertiary/aromatic N) is 5. The fraction of sp³-hybridized carbons (Fsp3) is 0. The third-order valence-corrected chi connectivity index (χ3v) is 11.5. The molecule has 0 amide bonds. The van der Waals surface area contributed by atoms with E-state index in [2.05, 4.69) is 179 Å². The third-order valence-electron chi connectivity index (χ3n) is 11.5. The molecule has 280 valence electrons. The van der Waals surface area contributed by atoms with Gasteiger partial charge in [-0.05, 0) is 93.7 Å². The van der Waals surface area contributed by atoms with E-state index in [0.717, 1.165) is 61.0 Å². The number of hydrogen-bond donors (Lipinski definition) is 0. The summed E-state index contributed by atoms with van der Waals surface area (Å²) >= 11 is 0. The quantitative estimate of drug-likeness (QED) is 0.168. The SMILES string of the molecule is c1ccc(-c2ccc3c(c2)c2ccccc2n3-c2cccc(-c3nc(-c4ccc(-c5cccc6ccccc56)cc4)nc(-c4ccc5oc6cccnc6c5c4)n3)c2)cc1. The van der Waals surface area contributed by atoms with Crippen molar-refractivity contribution in [3.8, 4) is 62.1 Å². The van der Waals surface area contributed by atoms with Crippen LogP contribution in [0, 0.1) is 0 Å². The van der Waals surface area contributed by atoms with Gasteiger partial charge in [-0.1, -0.05) is 133 Å². The van der Waals surface area contributed by atoms with Gasteiger partial charge in [0.25, 0.3) is 0 Å². The Hall–Kier alpha value is -8.22. The van der Waals surface area contributed by atoms with Crippen LogP contribution in [0.2, 0.25) is 0 Å². The number of pyridine rings is 1. The van der Waals surface area contributed by atoms with Gasteiger partial charge < -0.3 is 8.98 Å². The number of furan rings is 1. The number of rotatable bonds is 6. The Morgan fingerprint density at radius 3 is 1.87 bits per heavy atom. The summed E-state index contributed by atoms with van der Waals surface area (Å²) in [5.41, 5.74) is 12.9. The molecule has 0 atom stereocenters. The number of aromatic nitrogens is 5. The highest BCUT2D eigenvalue weighted by Crippen LogP contribution is 2.37. The van der Waals surface area contributed by atoms with Crippen LogP contribution in [0.15, 0.2) is 205 Å². The fourth-order valence-corrected chi connectivity index (χ4v) is 8.62. The van der Waals surface area contributed by atoms with Crippen molar-refractivity contribution in [1.29, 1.82) is 0 Å². The molecular weight excluding hydrogens is 735 g/mol. The van der Waals surface area contributed by atoms with Crippen LogP contribution < -0.4 is 0 Å². The first-order valence-corrected chi connectivity index (χ1v) is 20.0. The van der Waals surface area contributed by atoms with E-state index in [1.165, 1.54) is 38.2 Å². The first-order valence-electron chi connectivity index (χ1n) is 20.0. The lowest BCUT2D eigenvalue weighted by molar-refractivity contribution is 0.668. The van der Waals surface area contributed by atoms with Crippen molar-refractivity contribution in [3.63, 3.8) is 0 Å². The zero-order chi connectivity index (χ0) is 39.6. The highest BCUT2D eigenvalue weighted by molar-refractivity contribution is 6.10. The minimum Gasteiger partial charge on any atom is -0.454 e. The largest absolute Gasteiger partial charge is 0.454 e. The molecule has 0 radical (unpaired) electrons. The van der Waals surface area contributed by atoms with Crippen molar-refractivity contribution in [2.75, 3.05) is 0 Å². The molecule has 12 aromatic rings. The van der Waals surface area contributed by atoms with Crippen LogP contribution in [-0.4, -0.2) is 24.5 Å². The molecule has 12 rings (SSSR count). The Kier molecular flexibility index (Phi) is 7.74. The summed E-state index contributed by atoms with van der Waals surface area (Å²) in [5.74, 6) is 1.74. The molecular formula is C54H33N5O. The van der Waals surface area contributed by atoms with Gasteiger partial charge in [-0.3, -0.25) is 4.98 Å². The first-order chi connectivity index (χ1) is 29.7. The van der Waals surface area contributed by atoms with E-state index in [1.807, 2.05) is 24.3 Å². The second-order valence-corrected chi connectivity index (χ2v) is 15.1. The lowest BCUT2D eigenvalue weighted by atomic mass is 9.97. The lowest BCUT2D eigenvalue weighted by Gasteiger charge is -2.12. The van der Waals surface area contributed by atoms with Crippen LogP contribution in [0.1, 0.15) is 0 Å². The summed E-state index contributed by atoms with van der Waals surface area (Å²) in [6, 6.07) is 67.7. The number of fused-ring (bicyclic) bond motifs is 7. The van der Waals surface area contributed by atoms with E-state index < -0.39 is 0 Å². The molecule has 4 aromatic heterocycles. The molecule has 60 heavy (non-hydrogen) atoms. The summed E-state index contributed by atoms with van der Waals surface area (Å²) in [6.07, 6.45) is 1.79. The fourth-order valence-electron chi connectivity index (χ4n) is 8.62. The van der Waals surface area contributed by atoms with Gasteiger partial charge in [-0.2, -0.15) is 0 Å². The second kappa shape index (κ2) is 13.7. The minimum atomic E-state index is 0.566. The van der Waals surface area contributed by atoms with Gasteiger partial charge in [-0.25, -0.2) is 15.0 Å². The normalized spacial score (nSPS) is 11.7.